The number of amides is 1. The van der Waals surface area contributed by atoms with E-state index in [2.05, 4.69) is 5.32 Å². The van der Waals surface area contributed by atoms with Crippen LogP contribution in [0.3, 0.4) is 0 Å². The molecule has 0 saturated heterocycles. The Hall–Kier alpha value is -2.28. The van der Waals surface area contributed by atoms with Gasteiger partial charge in [0.05, 0.1) is 11.5 Å². The molecular weight excluding hydrogens is 360 g/mol. The minimum Gasteiger partial charge on any atom is -0.356 e. The number of hydrogen-bond donors (Lipinski definition) is 1. The third-order valence-corrected chi connectivity index (χ3v) is 5.50. The van der Waals surface area contributed by atoms with E-state index in [1.54, 1.807) is 24.3 Å². The standard InChI is InChI=1S/C19H21F2NO3S/c20-17-8-9-18(21)16(13-17)7-10-19(23)22-11-4-12-26(24,25)14-15-5-2-1-3-6-15/h1-3,5-6,8-9,13H,4,7,10-12,14H2,(H,22,23). The molecule has 0 aromatic heterocycles. The van der Waals surface area contributed by atoms with Crippen LogP contribution >= 0.6 is 0 Å². The Morgan fingerprint density at radius 2 is 1.77 bits per heavy atom. The molecule has 0 spiro atoms. The molecule has 0 bridgehead atoms. The number of benzene rings is 2. The van der Waals surface area contributed by atoms with E-state index >= 15 is 0 Å². The molecule has 1 N–H and O–H groups in total. The molecule has 0 aliphatic heterocycles. The van der Waals surface area contributed by atoms with Gasteiger partial charge in [-0.1, -0.05) is 30.3 Å². The molecule has 26 heavy (non-hydrogen) atoms. The molecular formula is C19H21F2NO3S. The van der Waals surface area contributed by atoms with E-state index in [0.29, 0.717) is 6.42 Å². The van der Waals surface area contributed by atoms with Gasteiger partial charge in [0.15, 0.2) is 9.84 Å². The van der Waals surface area contributed by atoms with E-state index < -0.39 is 21.5 Å². The maximum atomic E-state index is 13.5. The first-order chi connectivity index (χ1) is 12.4. The second-order valence-corrected chi connectivity index (χ2v) is 8.20. The van der Waals surface area contributed by atoms with Crippen LogP contribution in [-0.4, -0.2) is 26.6 Å². The lowest BCUT2D eigenvalue weighted by molar-refractivity contribution is -0.121. The Labute approximate surface area is 152 Å². The van der Waals surface area contributed by atoms with Crippen molar-refractivity contribution in [3.63, 3.8) is 0 Å². The molecule has 0 aliphatic rings. The summed E-state index contributed by atoms with van der Waals surface area (Å²) in [5.41, 5.74) is 0.874. The average Bonchev–Trinajstić information content (AvgIpc) is 2.60. The van der Waals surface area contributed by atoms with Crippen LogP contribution in [0.5, 0.6) is 0 Å². The molecule has 140 valence electrons. The predicted octanol–water partition coefficient (Wildman–Crippen LogP) is 3.02. The van der Waals surface area contributed by atoms with E-state index in [1.807, 2.05) is 6.07 Å². The van der Waals surface area contributed by atoms with Crippen molar-refractivity contribution in [2.75, 3.05) is 12.3 Å². The average molecular weight is 381 g/mol. The number of aryl methyl sites for hydroxylation is 1. The van der Waals surface area contributed by atoms with Crippen molar-refractivity contribution in [1.29, 1.82) is 0 Å². The fourth-order valence-corrected chi connectivity index (χ4v) is 3.92. The number of sulfone groups is 1. The van der Waals surface area contributed by atoms with Gasteiger partial charge in [0.1, 0.15) is 11.6 Å². The zero-order valence-electron chi connectivity index (χ0n) is 14.3. The van der Waals surface area contributed by atoms with Gasteiger partial charge in [0, 0.05) is 13.0 Å². The first-order valence-corrected chi connectivity index (χ1v) is 10.1. The maximum Gasteiger partial charge on any atom is 0.220 e. The molecule has 2 aromatic rings. The van der Waals surface area contributed by atoms with Crippen LogP contribution in [-0.2, 0) is 26.8 Å². The fraction of sp³-hybridized carbons (Fsp3) is 0.316. The minimum atomic E-state index is -3.24. The summed E-state index contributed by atoms with van der Waals surface area (Å²) in [6.45, 7) is 0.221. The van der Waals surface area contributed by atoms with Crippen LogP contribution in [0.25, 0.3) is 0 Å². The summed E-state index contributed by atoms with van der Waals surface area (Å²) in [6.07, 6.45) is 0.397. The normalized spacial score (nSPS) is 11.3. The summed E-state index contributed by atoms with van der Waals surface area (Å²) < 4.78 is 50.6. The summed E-state index contributed by atoms with van der Waals surface area (Å²) in [5.74, 6) is -1.48. The summed E-state index contributed by atoms with van der Waals surface area (Å²) in [6, 6.07) is 12.0. The fourth-order valence-electron chi connectivity index (χ4n) is 2.49. The molecule has 7 heteroatoms. The Kier molecular flexibility index (Phi) is 7.26. The minimum absolute atomic E-state index is 0.0111. The Morgan fingerprint density at radius 3 is 2.50 bits per heavy atom. The number of rotatable bonds is 9. The maximum absolute atomic E-state index is 13.5. The smallest absolute Gasteiger partial charge is 0.220 e. The second-order valence-electron chi connectivity index (χ2n) is 6.02. The number of carbonyl (C=O) groups is 1. The van der Waals surface area contributed by atoms with Crippen LogP contribution in [0.1, 0.15) is 24.0 Å². The van der Waals surface area contributed by atoms with E-state index in [4.69, 9.17) is 0 Å². The number of carbonyl (C=O) groups excluding carboxylic acids is 1. The van der Waals surface area contributed by atoms with Gasteiger partial charge in [-0.2, -0.15) is 0 Å². The summed E-state index contributed by atoms with van der Waals surface area (Å²) in [7, 11) is -3.24. The zero-order valence-corrected chi connectivity index (χ0v) is 15.1. The molecule has 4 nitrogen and oxygen atoms in total. The van der Waals surface area contributed by atoms with E-state index in [9.17, 15) is 22.0 Å². The summed E-state index contributed by atoms with van der Waals surface area (Å²) in [5, 5.41) is 2.60. The molecule has 0 atom stereocenters. The molecule has 0 radical (unpaired) electrons. The SMILES string of the molecule is O=C(CCc1cc(F)ccc1F)NCCCS(=O)(=O)Cc1ccccc1. The Balaban J connectivity index is 1.69. The molecule has 1 amide bonds. The lowest BCUT2D eigenvalue weighted by Gasteiger charge is -2.07. The lowest BCUT2D eigenvalue weighted by atomic mass is 10.1. The highest BCUT2D eigenvalue weighted by Gasteiger charge is 2.12. The number of halogens is 2. The largest absolute Gasteiger partial charge is 0.356 e. The van der Waals surface area contributed by atoms with Gasteiger partial charge in [0.25, 0.3) is 0 Å². The van der Waals surface area contributed by atoms with Gasteiger partial charge >= 0.3 is 0 Å². The van der Waals surface area contributed by atoms with Gasteiger partial charge in [-0.15, -0.1) is 0 Å². The summed E-state index contributed by atoms with van der Waals surface area (Å²) >= 11 is 0. The third-order valence-electron chi connectivity index (χ3n) is 3.81. The number of nitrogens with one attached hydrogen (secondary N) is 1. The molecule has 0 heterocycles. The lowest BCUT2D eigenvalue weighted by Crippen LogP contribution is -2.26. The monoisotopic (exact) mass is 381 g/mol. The van der Waals surface area contributed by atoms with Crippen molar-refractivity contribution in [2.45, 2.75) is 25.0 Å². The highest BCUT2D eigenvalue weighted by atomic mass is 32.2. The molecule has 0 fully saturated rings. The van der Waals surface area contributed by atoms with E-state index in [1.165, 1.54) is 0 Å². The van der Waals surface area contributed by atoms with E-state index in [-0.39, 0.29) is 42.4 Å². The molecule has 2 aromatic carbocycles. The topological polar surface area (TPSA) is 63.2 Å². The van der Waals surface area contributed by atoms with Gasteiger partial charge in [-0.3, -0.25) is 4.79 Å². The highest BCUT2D eigenvalue weighted by molar-refractivity contribution is 7.90. The quantitative estimate of drug-likeness (QED) is 0.679. The molecule has 2 rings (SSSR count). The Bertz CT molecular complexity index is 839. The van der Waals surface area contributed by atoms with Gasteiger partial charge in [0.2, 0.25) is 5.91 Å². The van der Waals surface area contributed by atoms with Crippen LogP contribution in [0.15, 0.2) is 48.5 Å². The predicted molar refractivity (Wildman–Crippen MR) is 96.2 cm³/mol. The van der Waals surface area contributed by atoms with Crippen LogP contribution in [0, 0.1) is 11.6 Å². The van der Waals surface area contributed by atoms with Crippen LogP contribution in [0.4, 0.5) is 8.78 Å². The van der Waals surface area contributed by atoms with Crippen molar-refractivity contribution in [3.05, 3.63) is 71.3 Å². The molecule has 0 unspecified atom stereocenters. The van der Waals surface area contributed by atoms with Crippen LogP contribution < -0.4 is 5.32 Å². The molecule has 0 aliphatic carbocycles. The summed E-state index contributed by atoms with van der Waals surface area (Å²) in [4.78, 5) is 11.8. The second kappa shape index (κ2) is 9.43. The van der Waals surface area contributed by atoms with Crippen molar-refractivity contribution < 1.29 is 22.0 Å². The molecule has 0 saturated carbocycles. The van der Waals surface area contributed by atoms with Crippen LogP contribution in [0.2, 0.25) is 0 Å². The third kappa shape index (κ3) is 6.92. The highest BCUT2D eigenvalue weighted by Crippen LogP contribution is 2.12. The van der Waals surface area contributed by atoms with Gasteiger partial charge in [-0.25, -0.2) is 17.2 Å². The first-order valence-electron chi connectivity index (χ1n) is 8.31. The van der Waals surface area contributed by atoms with E-state index in [0.717, 1.165) is 23.8 Å². The van der Waals surface area contributed by atoms with Crippen molar-refractivity contribution >= 4 is 15.7 Å². The van der Waals surface area contributed by atoms with Crippen molar-refractivity contribution in [3.8, 4) is 0 Å². The van der Waals surface area contributed by atoms with Crippen molar-refractivity contribution in [1.82, 2.24) is 5.32 Å². The van der Waals surface area contributed by atoms with Gasteiger partial charge in [-0.05, 0) is 42.2 Å². The number of hydrogen-bond acceptors (Lipinski definition) is 3. The first kappa shape index (κ1) is 20.0. The Morgan fingerprint density at radius 1 is 1.04 bits per heavy atom. The zero-order chi connectivity index (χ0) is 19.0. The van der Waals surface area contributed by atoms with Gasteiger partial charge < -0.3 is 5.32 Å². The van der Waals surface area contributed by atoms with Crippen molar-refractivity contribution in [2.24, 2.45) is 0 Å².